The molecule has 2 N–H and O–H groups in total. The maximum atomic E-state index is 5.98. The molecule has 1 aliphatic rings. The highest BCUT2D eigenvalue weighted by Gasteiger charge is 2.27. The van der Waals surface area contributed by atoms with E-state index in [-0.39, 0.29) is 0 Å². The minimum Gasteiger partial charge on any atom is -0.399 e. The number of anilines is 1. The summed E-state index contributed by atoms with van der Waals surface area (Å²) < 4.78 is 0. The van der Waals surface area contributed by atoms with Crippen LogP contribution in [0.5, 0.6) is 0 Å². The molecule has 1 aliphatic heterocycles. The Labute approximate surface area is 118 Å². The summed E-state index contributed by atoms with van der Waals surface area (Å²) in [7, 11) is 0. The van der Waals surface area contributed by atoms with Crippen LogP contribution in [0.15, 0.2) is 24.3 Å². The highest BCUT2D eigenvalue weighted by atomic mass is 15.1. The predicted molar refractivity (Wildman–Crippen MR) is 83.2 cm³/mol. The highest BCUT2D eigenvalue weighted by molar-refractivity contribution is 5.46. The van der Waals surface area contributed by atoms with Crippen LogP contribution in [0.1, 0.15) is 45.1 Å². The van der Waals surface area contributed by atoms with Crippen molar-refractivity contribution in [2.75, 3.05) is 25.4 Å². The van der Waals surface area contributed by atoms with E-state index in [0.717, 1.165) is 12.1 Å². The number of nitrogen functional groups attached to an aromatic ring is 1. The summed E-state index contributed by atoms with van der Waals surface area (Å²) >= 11 is 0. The third kappa shape index (κ3) is 3.97. The van der Waals surface area contributed by atoms with E-state index in [1.807, 2.05) is 12.1 Å². The van der Waals surface area contributed by atoms with E-state index in [4.69, 9.17) is 5.73 Å². The second kappa shape index (κ2) is 6.42. The molecular weight excluding hydrogens is 232 g/mol. The van der Waals surface area contributed by atoms with Gasteiger partial charge in [0.1, 0.15) is 0 Å². The Morgan fingerprint density at radius 2 is 1.89 bits per heavy atom. The Bertz CT molecular complexity index is 392. The van der Waals surface area contributed by atoms with Crippen molar-refractivity contribution < 1.29 is 0 Å². The van der Waals surface area contributed by atoms with E-state index in [0.29, 0.717) is 5.41 Å². The van der Waals surface area contributed by atoms with Crippen LogP contribution in [0.4, 0.5) is 5.69 Å². The van der Waals surface area contributed by atoms with Gasteiger partial charge in [-0.15, -0.1) is 0 Å². The summed E-state index contributed by atoms with van der Waals surface area (Å²) in [6.07, 6.45) is 6.36. The van der Waals surface area contributed by atoms with Gasteiger partial charge in [0.2, 0.25) is 0 Å². The molecule has 0 aliphatic carbocycles. The average molecular weight is 260 g/mol. The Balaban J connectivity index is 1.72. The summed E-state index contributed by atoms with van der Waals surface area (Å²) in [5.74, 6) is 0. The van der Waals surface area contributed by atoms with Crippen molar-refractivity contribution in [3.63, 3.8) is 0 Å². The fraction of sp³-hybridized carbons (Fsp3) is 0.647. The summed E-state index contributed by atoms with van der Waals surface area (Å²) in [6.45, 7) is 8.53. The number of nitrogens with two attached hydrogens (primary N) is 1. The van der Waals surface area contributed by atoms with Crippen molar-refractivity contribution in [2.24, 2.45) is 5.41 Å². The van der Waals surface area contributed by atoms with Crippen LogP contribution in [-0.4, -0.2) is 24.5 Å². The molecule has 106 valence electrons. The summed E-state index contributed by atoms with van der Waals surface area (Å²) in [6, 6.07) is 8.25. The number of rotatable bonds is 5. The second-order valence-corrected chi connectivity index (χ2v) is 6.31. The maximum absolute atomic E-state index is 5.98. The number of nitrogens with zero attached hydrogens (tertiary/aromatic N) is 1. The van der Waals surface area contributed by atoms with Gasteiger partial charge in [-0.3, -0.25) is 0 Å². The number of hydrogen-bond acceptors (Lipinski definition) is 2. The van der Waals surface area contributed by atoms with E-state index < -0.39 is 0 Å². The van der Waals surface area contributed by atoms with Gasteiger partial charge in [0.15, 0.2) is 0 Å². The van der Waals surface area contributed by atoms with E-state index in [2.05, 4.69) is 30.9 Å². The molecule has 1 aromatic rings. The molecule has 2 heteroatoms. The molecule has 1 heterocycles. The minimum atomic E-state index is 0.598. The molecule has 0 aromatic heterocycles. The lowest BCUT2D eigenvalue weighted by Gasteiger charge is -2.39. The first-order chi connectivity index (χ1) is 9.13. The molecule has 1 fully saturated rings. The molecule has 1 aromatic carbocycles. The average Bonchev–Trinajstić information content (AvgIpc) is 2.43. The smallest absolute Gasteiger partial charge is 0.0346 e. The van der Waals surface area contributed by atoms with E-state index in [9.17, 15) is 0 Å². The topological polar surface area (TPSA) is 29.3 Å². The Kier molecular flexibility index (Phi) is 4.87. The standard InChI is InChI=1S/C17H28N2/c1-3-17(2)10-13-19(14-11-17)12-6-8-15-7-4-5-9-16(15)18/h4-5,7,9H,3,6,8,10-14,18H2,1-2H3. The SMILES string of the molecule is CCC1(C)CCN(CCCc2ccccc2N)CC1. The number of piperidine rings is 1. The fourth-order valence-electron chi connectivity index (χ4n) is 2.93. The van der Waals surface area contributed by atoms with Crippen LogP contribution in [0.3, 0.4) is 0 Å². The van der Waals surface area contributed by atoms with Gasteiger partial charge in [-0.1, -0.05) is 38.5 Å². The van der Waals surface area contributed by atoms with Gasteiger partial charge in [0, 0.05) is 5.69 Å². The number of para-hydroxylation sites is 1. The molecular formula is C17H28N2. The van der Waals surface area contributed by atoms with Gasteiger partial charge < -0.3 is 10.6 Å². The lowest BCUT2D eigenvalue weighted by molar-refractivity contribution is 0.114. The van der Waals surface area contributed by atoms with Crippen LogP contribution in [-0.2, 0) is 6.42 Å². The Hall–Kier alpha value is -1.02. The Morgan fingerprint density at radius 3 is 2.53 bits per heavy atom. The quantitative estimate of drug-likeness (QED) is 0.818. The van der Waals surface area contributed by atoms with Crippen molar-refractivity contribution in [1.82, 2.24) is 4.90 Å². The molecule has 2 nitrogen and oxygen atoms in total. The molecule has 0 unspecified atom stereocenters. The molecule has 0 radical (unpaired) electrons. The largest absolute Gasteiger partial charge is 0.399 e. The second-order valence-electron chi connectivity index (χ2n) is 6.31. The van der Waals surface area contributed by atoms with E-state index >= 15 is 0 Å². The van der Waals surface area contributed by atoms with E-state index in [1.54, 1.807) is 0 Å². The lowest BCUT2D eigenvalue weighted by atomic mass is 9.78. The summed E-state index contributed by atoms with van der Waals surface area (Å²) in [4.78, 5) is 2.62. The van der Waals surface area contributed by atoms with Crippen molar-refractivity contribution >= 4 is 5.69 Å². The summed E-state index contributed by atoms with van der Waals surface area (Å²) in [5, 5.41) is 0. The molecule has 2 rings (SSSR count). The molecule has 1 saturated heterocycles. The third-order valence-electron chi connectivity index (χ3n) is 4.89. The zero-order chi connectivity index (χ0) is 13.7. The monoisotopic (exact) mass is 260 g/mol. The van der Waals surface area contributed by atoms with Crippen LogP contribution >= 0.6 is 0 Å². The van der Waals surface area contributed by atoms with Crippen molar-refractivity contribution in [3.8, 4) is 0 Å². The molecule has 0 amide bonds. The number of hydrogen-bond donors (Lipinski definition) is 1. The Morgan fingerprint density at radius 1 is 1.21 bits per heavy atom. The predicted octanol–water partition coefficient (Wildman–Crippen LogP) is 3.71. The molecule has 0 bridgehead atoms. The first kappa shape index (κ1) is 14.4. The number of likely N-dealkylation sites (tertiary alicyclic amines) is 1. The van der Waals surface area contributed by atoms with E-state index in [1.165, 1.54) is 50.9 Å². The first-order valence-electron chi connectivity index (χ1n) is 7.69. The van der Waals surface area contributed by atoms with Crippen LogP contribution in [0.25, 0.3) is 0 Å². The molecule has 0 saturated carbocycles. The fourth-order valence-corrected chi connectivity index (χ4v) is 2.93. The lowest BCUT2D eigenvalue weighted by Crippen LogP contribution is -2.38. The van der Waals surface area contributed by atoms with Gasteiger partial charge in [-0.25, -0.2) is 0 Å². The zero-order valence-electron chi connectivity index (χ0n) is 12.5. The molecule has 0 atom stereocenters. The van der Waals surface area contributed by atoms with Gasteiger partial charge in [0.05, 0.1) is 0 Å². The molecule has 19 heavy (non-hydrogen) atoms. The maximum Gasteiger partial charge on any atom is 0.0346 e. The van der Waals surface area contributed by atoms with Crippen molar-refractivity contribution in [1.29, 1.82) is 0 Å². The molecule has 0 spiro atoms. The van der Waals surface area contributed by atoms with Gasteiger partial charge >= 0.3 is 0 Å². The van der Waals surface area contributed by atoms with Crippen LogP contribution in [0, 0.1) is 5.41 Å². The van der Waals surface area contributed by atoms with Gasteiger partial charge in [0.25, 0.3) is 0 Å². The van der Waals surface area contributed by atoms with Crippen molar-refractivity contribution in [2.45, 2.75) is 46.0 Å². The van der Waals surface area contributed by atoms with Crippen molar-refractivity contribution in [3.05, 3.63) is 29.8 Å². The highest BCUT2D eigenvalue weighted by Crippen LogP contribution is 2.33. The van der Waals surface area contributed by atoms with Gasteiger partial charge in [-0.05, 0) is 62.4 Å². The first-order valence-corrected chi connectivity index (χ1v) is 7.69. The van der Waals surface area contributed by atoms with Crippen LogP contribution in [0.2, 0.25) is 0 Å². The normalized spacial score (nSPS) is 19.5. The minimum absolute atomic E-state index is 0.598. The van der Waals surface area contributed by atoms with Crippen LogP contribution < -0.4 is 5.73 Å². The number of aryl methyl sites for hydroxylation is 1. The zero-order valence-corrected chi connectivity index (χ0v) is 12.5. The number of benzene rings is 1. The third-order valence-corrected chi connectivity index (χ3v) is 4.89. The van der Waals surface area contributed by atoms with Gasteiger partial charge in [-0.2, -0.15) is 0 Å². The summed E-state index contributed by atoms with van der Waals surface area (Å²) in [5.41, 5.74) is 8.83.